The Morgan fingerprint density at radius 3 is 2.14 bits per heavy atom. The molecule has 0 aromatic rings. The third-order valence-corrected chi connectivity index (χ3v) is 2.55. The Kier molecular flexibility index (Phi) is 3.23. The molecule has 82 valence electrons. The first kappa shape index (κ1) is 11.5. The lowest BCUT2D eigenvalue weighted by Crippen LogP contribution is -2.42. The van der Waals surface area contributed by atoms with E-state index in [2.05, 4.69) is 39.5 Å². The van der Waals surface area contributed by atoms with Gasteiger partial charge in [0, 0.05) is 18.0 Å². The first-order valence-electron chi connectivity index (χ1n) is 5.68. The monoisotopic (exact) mass is 196 g/mol. The number of amidine groups is 1. The maximum atomic E-state index is 8.19. The van der Waals surface area contributed by atoms with Crippen LogP contribution in [0.15, 0.2) is 0 Å². The highest BCUT2D eigenvalue weighted by atomic mass is 15.2. The normalized spacial score (nSPS) is 17.3. The second-order valence-electron chi connectivity index (χ2n) is 5.88. The molecular weight excluding hydrogens is 172 g/mol. The largest absolute Gasteiger partial charge is 0.357 e. The molecular formula is C12H24N2. The van der Waals surface area contributed by atoms with Crippen LogP contribution in [0.5, 0.6) is 0 Å². The summed E-state index contributed by atoms with van der Waals surface area (Å²) < 4.78 is 0. The van der Waals surface area contributed by atoms with Gasteiger partial charge in [0.05, 0.1) is 0 Å². The number of hydrogen-bond donors (Lipinski definition) is 1. The minimum absolute atomic E-state index is 0.00250. The van der Waals surface area contributed by atoms with Gasteiger partial charge in [0.15, 0.2) is 0 Å². The van der Waals surface area contributed by atoms with Gasteiger partial charge in [0.25, 0.3) is 0 Å². The fraction of sp³-hybridized carbons (Fsp3) is 0.917. The van der Waals surface area contributed by atoms with E-state index in [9.17, 15) is 0 Å². The molecule has 1 aliphatic carbocycles. The standard InChI is InChI=1S/C12H24N2/c1-9(2)8-14(10-6-7-10)11(13)12(3,4)5/h9-10,13H,6-8H2,1-5H3. The highest BCUT2D eigenvalue weighted by molar-refractivity contribution is 5.84. The lowest BCUT2D eigenvalue weighted by molar-refractivity contribution is 0.320. The van der Waals surface area contributed by atoms with Crippen LogP contribution in [0, 0.1) is 16.7 Å². The van der Waals surface area contributed by atoms with Crippen molar-refractivity contribution in [2.24, 2.45) is 11.3 Å². The molecule has 2 nitrogen and oxygen atoms in total. The molecule has 1 N–H and O–H groups in total. The molecule has 1 fully saturated rings. The summed E-state index contributed by atoms with van der Waals surface area (Å²) in [4.78, 5) is 2.31. The van der Waals surface area contributed by atoms with Crippen LogP contribution in [-0.2, 0) is 0 Å². The van der Waals surface area contributed by atoms with Crippen molar-refractivity contribution in [2.45, 2.75) is 53.5 Å². The van der Waals surface area contributed by atoms with Crippen LogP contribution in [0.1, 0.15) is 47.5 Å². The molecule has 0 bridgehead atoms. The lowest BCUT2D eigenvalue weighted by atomic mass is 9.93. The minimum atomic E-state index is -0.00250. The number of hydrogen-bond acceptors (Lipinski definition) is 1. The van der Waals surface area contributed by atoms with Crippen molar-refractivity contribution in [2.75, 3.05) is 6.54 Å². The maximum Gasteiger partial charge on any atom is 0.102 e. The molecule has 0 heterocycles. The van der Waals surface area contributed by atoms with Crippen LogP contribution in [0.4, 0.5) is 0 Å². The van der Waals surface area contributed by atoms with E-state index in [1.807, 2.05) is 0 Å². The minimum Gasteiger partial charge on any atom is -0.357 e. The predicted octanol–water partition coefficient (Wildman–Crippen LogP) is 3.13. The molecule has 14 heavy (non-hydrogen) atoms. The van der Waals surface area contributed by atoms with Crippen molar-refractivity contribution >= 4 is 5.84 Å². The zero-order valence-electron chi connectivity index (χ0n) is 10.2. The van der Waals surface area contributed by atoms with Gasteiger partial charge < -0.3 is 4.90 Å². The average molecular weight is 196 g/mol. The van der Waals surface area contributed by atoms with Crippen LogP contribution in [0.25, 0.3) is 0 Å². The Morgan fingerprint density at radius 2 is 1.86 bits per heavy atom. The van der Waals surface area contributed by atoms with Gasteiger partial charge in [-0.2, -0.15) is 0 Å². The Morgan fingerprint density at radius 1 is 1.36 bits per heavy atom. The van der Waals surface area contributed by atoms with Gasteiger partial charge in [-0.3, -0.25) is 5.41 Å². The molecule has 1 aliphatic rings. The van der Waals surface area contributed by atoms with Crippen molar-refractivity contribution in [3.05, 3.63) is 0 Å². The van der Waals surface area contributed by atoms with E-state index in [0.29, 0.717) is 12.0 Å². The topological polar surface area (TPSA) is 27.1 Å². The highest BCUT2D eigenvalue weighted by Crippen LogP contribution is 2.31. The first-order chi connectivity index (χ1) is 6.32. The van der Waals surface area contributed by atoms with Crippen LogP contribution in [0.3, 0.4) is 0 Å². The summed E-state index contributed by atoms with van der Waals surface area (Å²) in [6.07, 6.45) is 2.57. The molecule has 0 saturated heterocycles. The molecule has 0 aromatic heterocycles. The Bertz CT molecular complexity index is 209. The summed E-state index contributed by atoms with van der Waals surface area (Å²) in [5.41, 5.74) is -0.00250. The van der Waals surface area contributed by atoms with Crippen molar-refractivity contribution in [1.82, 2.24) is 4.90 Å². The fourth-order valence-corrected chi connectivity index (χ4v) is 1.63. The highest BCUT2D eigenvalue weighted by Gasteiger charge is 2.34. The van der Waals surface area contributed by atoms with E-state index in [4.69, 9.17) is 5.41 Å². The average Bonchev–Trinajstić information content (AvgIpc) is 2.79. The predicted molar refractivity (Wildman–Crippen MR) is 61.7 cm³/mol. The van der Waals surface area contributed by atoms with Gasteiger partial charge in [-0.25, -0.2) is 0 Å². The van der Waals surface area contributed by atoms with Crippen LogP contribution >= 0.6 is 0 Å². The summed E-state index contributed by atoms with van der Waals surface area (Å²) in [6.45, 7) is 11.9. The molecule has 1 saturated carbocycles. The van der Waals surface area contributed by atoms with E-state index in [1.54, 1.807) is 0 Å². The molecule has 0 aromatic carbocycles. The Labute approximate surface area is 88.2 Å². The van der Waals surface area contributed by atoms with Crippen LogP contribution in [0.2, 0.25) is 0 Å². The first-order valence-corrected chi connectivity index (χ1v) is 5.68. The Hall–Kier alpha value is -0.530. The number of rotatable bonds is 3. The molecule has 0 radical (unpaired) electrons. The lowest BCUT2D eigenvalue weighted by Gasteiger charge is -2.34. The smallest absolute Gasteiger partial charge is 0.102 e. The van der Waals surface area contributed by atoms with Gasteiger partial charge in [0.2, 0.25) is 0 Å². The molecule has 0 atom stereocenters. The molecule has 0 spiro atoms. The van der Waals surface area contributed by atoms with Crippen molar-refractivity contribution in [3.63, 3.8) is 0 Å². The summed E-state index contributed by atoms with van der Waals surface area (Å²) in [5.74, 6) is 1.46. The summed E-state index contributed by atoms with van der Waals surface area (Å²) in [5, 5.41) is 8.19. The van der Waals surface area contributed by atoms with Crippen LogP contribution in [-0.4, -0.2) is 23.3 Å². The van der Waals surface area contributed by atoms with E-state index in [1.165, 1.54) is 12.8 Å². The summed E-state index contributed by atoms with van der Waals surface area (Å²) in [6, 6.07) is 0.670. The Balaban J connectivity index is 2.62. The number of nitrogens with zero attached hydrogens (tertiary/aromatic N) is 1. The van der Waals surface area contributed by atoms with Crippen LogP contribution < -0.4 is 0 Å². The van der Waals surface area contributed by atoms with Gasteiger partial charge in [-0.05, 0) is 18.8 Å². The molecule has 0 amide bonds. The molecule has 2 heteroatoms. The zero-order valence-corrected chi connectivity index (χ0v) is 10.2. The quantitative estimate of drug-likeness (QED) is 0.545. The molecule has 1 rings (SSSR count). The second kappa shape index (κ2) is 3.92. The third kappa shape index (κ3) is 3.00. The van der Waals surface area contributed by atoms with E-state index in [-0.39, 0.29) is 5.41 Å². The molecule has 0 aliphatic heterocycles. The summed E-state index contributed by atoms with van der Waals surface area (Å²) in [7, 11) is 0. The zero-order chi connectivity index (χ0) is 10.9. The van der Waals surface area contributed by atoms with Gasteiger partial charge in [0.1, 0.15) is 5.84 Å². The van der Waals surface area contributed by atoms with Gasteiger partial charge in [-0.1, -0.05) is 34.6 Å². The van der Waals surface area contributed by atoms with Gasteiger partial charge >= 0.3 is 0 Å². The van der Waals surface area contributed by atoms with Crippen molar-refractivity contribution in [3.8, 4) is 0 Å². The fourth-order valence-electron chi connectivity index (χ4n) is 1.63. The van der Waals surface area contributed by atoms with Crippen molar-refractivity contribution in [1.29, 1.82) is 5.41 Å². The number of nitrogens with one attached hydrogen (secondary N) is 1. The van der Waals surface area contributed by atoms with E-state index >= 15 is 0 Å². The van der Waals surface area contributed by atoms with E-state index < -0.39 is 0 Å². The van der Waals surface area contributed by atoms with Gasteiger partial charge in [-0.15, -0.1) is 0 Å². The van der Waals surface area contributed by atoms with E-state index in [0.717, 1.165) is 12.4 Å². The summed E-state index contributed by atoms with van der Waals surface area (Å²) >= 11 is 0. The van der Waals surface area contributed by atoms with Crippen molar-refractivity contribution < 1.29 is 0 Å². The third-order valence-electron chi connectivity index (χ3n) is 2.55. The SMILES string of the molecule is CC(C)CN(C(=N)C(C)(C)C)C1CC1. The molecule has 0 unspecified atom stereocenters. The second-order valence-corrected chi connectivity index (χ2v) is 5.88. The maximum absolute atomic E-state index is 8.19.